The molecule has 0 bridgehead atoms. The number of urea groups is 1. The van der Waals surface area contributed by atoms with Gasteiger partial charge >= 0.3 is 12.0 Å². The first kappa shape index (κ1) is 15.8. The van der Waals surface area contributed by atoms with Crippen LogP contribution in [0.4, 0.5) is 4.79 Å². The summed E-state index contributed by atoms with van der Waals surface area (Å²) in [4.78, 5) is 24.8. The molecule has 1 aliphatic rings. The van der Waals surface area contributed by atoms with Crippen molar-refractivity contribution in [1.29, 1.82) is 0 Å². The highest BCUT2D eigenvalue weighted by Crippen LogP contribution is 2.22. The second-order valence-corrected chi connectivity index (χ2v) is 6.23. The van der Waals surface area contributed by atoms with Gasteiger partial charge in [0.1, 0.15) is 0 Å². The smallest absolute Gasteiger partial charge is 0.318 e. The predicted octanol–water partition coefficient (Wildman–Crippen LogP) is 3.16. The van der Waals surface area contributed by atoms with Gasteiger partial charge in [-0.15, -0.1) is 0 Å². The van der Waals surface area contributed by atoms with Crippen LogP contribution in [0.15, 0.2) is 28.7 Å². The Hall–Kier alpha value is -1.56. The summed E-state index contributed by atoms with van der Waals surface area (Å²) in [6.07, 6.45) is 1.63. The molecule has 1 aromatic rings. The molecule has 114 valence electrons. The highest BCUT2D eigenvalue weighted by molar-refractivity contribution is 9.10. The van der Waals surface area contributed by atoms with E-state index < -0.39 is 5.97 Å². The zero-order chi connectivity index (χ0) is 15.4. The van der Waals surface area contributed by atoms with Crippen molar-refractivity contribution >= 4 is 27.9 Å². The number of carbonyl (C=O) groups is 2. The highest BCUT2D eigenvalue weighted by Gasteiger charge is 2.30. The Bertz CT molecular complexity index is 535. The molecule has 0 spiro atoms. The van der Waals surface area contributed by atoms with Crippen molar-refractivity contribution in [3.05, 3.63) is 34.3 Å². The SMILES string of the molecule is CC(NC(=O)N1CCCC1CC(=O)O)c1cccc(Br)c1. The first-order valence-corrected chi connectivity index (χ1v) is 7.81. The van der Waals surface area contributed by atoms with Gasteiger partial charge < -0.3 is 15.3 Å². The van der Waals surface area contributed by atoms with E-state index in [0.29, 0.717) is 6.54 Å². The van der Waals surface area contributed by atoms with Gasteiger partial charge in [-0.3, -0.25) is 4.79 Å². The van der Waals surface area contributed by atoms with Gasteiger partial charge in [0.25, 0.3) is 0 Å². The summed E-state index contributed by atoms with van der Waals surface area (Å²) >= 11 is 3.41. The molecule has 21 heavy (non-hydrogen) atoms. The second kappa shape index (κ2) is 6.93. The van der Waals surface area contributed by atoms with E-state index in [4.69, 9.17) is 5.11 Å². The number of carboxylic acids is 1. The number of carboxylic acid groups (broad SMARTS) is 1. The number of hydrogen-bond donors (Lipinski definition) is 2. The topological polar surface area (TPSA) is 69.6 Å². The summed E-state index contributed by atoms with van der Waals surface area (Å²) in [6, 6.07) is 7.26. The fourth-order valence-corrected chi connectivity index (χ4v) is 3.06. The highest BCUT2D eigenvalue weighted by atomic mass is 79.9. The van der Waals surface area contributed by atoms with E-state index in [1.807, 2.05) is 31.2 Å². The molecule has 6 heteroatoms. The van der Waals surface area contributed by atoms with Gasteiger partial charge in [-0.05, 0) is 37.5 Å². The largest absolute Gasteiger partial charge is 0.481 e. The molecule has 1 heterocycles. The Morgan fingerprint density at radius 1 is 1.52 bits per heavy atom. The van der Waals surface area contributed by atoms with Gasteiger partial charge in [0.2, 0.25) is 0 Å². The zero-order valence-electron chi connectivity index (χ0n) is 11.9. The number of likely N-dealkylation sites (tertiary alicyclic amines) is 1. The van der Waals surface area contributed by atoms with Crippen LogP contribution in [0.3, 0.4) is 0 Å². The first-order chi connectivity index (χ1) is 9.97. The van der Waals surface area contributed by atoms with Crippen LogP contribution in [-0.2, 0) is 4.79 Å². The quantitative estimate of drug-likeness (QED) is 0.872. The lowest BCUT2D eigenvalue weighted by Gasteiger charge is -2.26. The van der Waals surface area contributed by atoms with Crippen LogP contribution in [0.2, 0.25) is 0 Å². The molecular formula is C15H19BrN2O3. The fraction of sp³-hybridized carbons (Fsp3) is 0.467. The van der Waals surface area contributed by atoms with E-state index >= 15 is 0 Å². The Kier molecular flexibility index (Phi) is 5.22. The second-order valence-electron chi connectivity index (χ2n) is 5.31. The van der Waals surface area contributed by atoms with Crippen molar-refractivity contribution in [3.63, 3.8) is 0 Å². The lowest BCUT2D eigenvalue weighted by atomic mass is 10.1. The molecule has 5 nitrogen and oxygen atoms in total. The van der Waals surface area contributed by atoms with Crippen molar-refractivity contribution < 1.29 is 14.7 Å². The van der Waals surface area contributed by atoms with Crippen molar-refractivity contribution in [2.45, 2.75) is 38.3 Å². The number of halogens is 1. The number of benzene rings is 1. The van der Waals surface area contributed by atoms with Gasteiger partial charge in [0.15, 0.2) is 0 Å². The minimum absolute atomic E-state index is 0.0126. The maximum atomic E-state index is 12.3. The maximum absolute atomic E-state index is 12.3. The van der Waals surface area contributed by atoms with Gasteiger partial charge in [0.05, 0.1) is 12.5 Å². The van der Waals surface area contributed by atoms with Gasteiger partial charge in [-0.2, -0.15) is 0 Å². The van der Waals surface area contributed by atoms with E-state index in [1.165, 1.54) is 0 Å². The molecule has 0 saturated carbocycles. The molecule has 0 aromatic heterocycles. The third-order valence-corrected chi connectivity index (χ3v) is 4.23. The summed E-state index contributed by atoms with van der Waals surface area (Å²) in [5.41, 5.74) is 1.01. The molecule has 2 amide bonds. The molecule has 1 aromatic carbocycles. The lowest BCUT2D eigenvalue weighted by Crippen LogP contribution is -2.44. The molecule has 1 saturated heterocycles. The van der Waals surface area contributed by atoms with Crippen molar-refractivity contribution in [2.75, 3.05) is 6.54 Å². The van der Waals surface area contributed by atoms with E-state index in [0.717, 1.165) is 22.9 Å². The molecule has 2 N–H and O–H groups in total. The molecule has 0 radical (unpaired) electrons. The van der Waals surface area contributed by atoms with Crippen molar-refractivity contribution in [1.82, 2.24) is 10.2 Å². The Labute approximate surface area is 132 Å². The van der Waals surface area contributed by atoms with Gasteiger partial charge in [-0.1, -0.05) is 28.1 Å². The van der Waals surface area contributed by atoms with E-state index in [1.54, 1.807) is 4.90 Å². The monoisotopic (exact) mass is 354 g/mol. The van der Waals surface area contributed by atoms with Crippen LogP contribution in [0, 0.1) is 0 Å². The van der Waals surface area contributed by atoms with E-state index in [9.17, 15) is 9.59 Å². The number of rotatable bonds is 4. The average Bonchev–Trinajstić information content (AvgIpc) is 2.86. The third-order valence-electron chi connectivity index (χ3n) is 3.74. The minimum atomic E-state index is -0.861. The van der Waals surface area contributed by atoms with Crippen LogP contribution in [0.5, 0.6) is 0 Å². The average molecular weight is 355 g/mol. The summed E-state index contributed by atoms with van der Waals surface area (Å²) < 4.78 is 0.964. The predicted molar refractivity (Wildman–Crippen MR) is 83.1 cm³/mol. The first-order valence-electron chi connectivity index (χ1n) is 7.01. The maximum Gasteiger partial charge on any atom is 0.318 e. The number of nitrogens with zero attached hydrogens (tertiary/aromatic N) is 1. The molecule has 2 rings (SSSR count). The van der Waals surface area contributed by atoms with Crippen LogP contribution >= 0.6 is 15.9 Å². The molecule has 1 fully saturated rings. The number of aliphatic carboxylic acids is 1. The molecule has 1 aliphatic heterocycles. The van der Waals surface area contributed by atoms with Crippen LogP contribution in [0.1, 0.15) is 37.8 Å². The minimum Gasteiger partial charge on any atom is -0.481 e. The van der Waals surface area contributed by atoms with Gasteiger partial charge in [0, 0.05) is 17.1 Å². The van der Waals surface area contributed by atoms with Crippen LogP contribution < -0.4 is 5.32 Å². The molecule has 2 atom stereocenters. The van der Waals surface area contributed by atoms with Crippen LogP contribution in [0.25, 0.3) is 0 Å². The Morgan fingerprint density at radius 2 is 2.29 bits per heavy atom. The summed E-state index contributed by atoms with van der Waals surface area (Å²) in [7, 11) is 0. The summed E-state index contributed by atoms with van der Waals surface area (Å²) in [5.74, 6) is -0.861. The normalized spacial score (nSPS) is 19.3. The number of hydrogen-bond acceptors (Lipinski definition) is 2. The summed E-state index contributed by atoms with van der Waals surface area (Å²) in [6.45, 7) is 2.54. The number of carbonyl (C=O) groups excluding carboxylic acids is 1. The lowest BCUT2D eigenvalue weighted by molar-refractivity contribution is -0.137. The molecule has 2 unspecified atom stereocenters. The Balaban J connectivity index is 1.98. The van der Waals surface area contributed by atoms with Crippen molar-refractivity contribution in [3.8, 4) is 0 Å². The number of amides is 2. The fourth-order valence-electron chi connectivity index (χ4n) is 2.64. The van der Waals surface area contributed by atoms with Crippen molar-refractivity contribution in [2.24, 2.45) is 0 Å². The van der Waals surface area contributed by atoms with Crippen LogP contribution in [-0.4, -0.2) is 34.6 Å². The Morgan fingerprint density at radius 3 is 2.95 bits per heavy atom. The zero-order valence-corrected chi connectivity index (χ0v) is 13.5. The number of nitrogens with one attached hydrogen (secondary N) is 1. The molecular weight excluding hydrogens is 336 g/mol. The van der Waals surface area contributed by atoms with E-state index in [2.05, 4.69) is 21.2 Å². The summed E-state index contributed by atoms with van der Waals surface area (Å²) in [5, 5.41) is 11.8. The molecule has 0 aliphatic carbocycles. The van der Waals surface area contributed by atoms with Gasteiger partial charge in [-0.25, -0.2) is 4.79 Å². The van der Waals surface area contributed by atoms with E-state index in [-0.39, 0.29) is 24.5 Å². The third kappa shape index (κ3) is 4.20. The standard InChI is InChI=1S/C15H19BrN2O3/c1-10(11-4-2-5-12(16)8-11)17-15(21)18-7-3-6-13(18)9-14(19)20/h2,4-5,8,10,13H,3,6-7,9H2,1H3,(H,17,21)(H,19,20).